The topological polar surface area (TPSA) is 59.0 Å². The van der Waals surface area contributed by atoms with Crippen LogP contribution in [0.5, 0.6) is 0 Å². The number of para-hydroxylation sites is 1. The van der Waals surface area contributed by atoms with Crippen LogP contribution in [0.4, 0.5) is 10.5 Å². The van der Waals surface area contributed by atoms with E-state index in [1.165, 1.54) is 4.90 Å². The third-order valence-electron chi connectivity index (χ3n) is 3.01. The van der Waals surface area contributed by atoms with E-state index in [2.05, 4.69) is 11.7 Å². The summed E-state index contributed by atoms with van der Waals surface area (Å²) in [5.41, 5.74) is 1.01. The first kappa shape index (κ1) is 14.2. The van der Waals surface area contributed by atoms with E-state index in [0.717, 1.165) is 5.56 Å². The molecule has 20 heavy (non-hydrogen) atoms. The van der Waals surface area contributed by atoms with Gasteiger partial charge in [0.25, 0.3) is 5.91 Å². The maximum Gasteiger partial charge on any atom is 0.415 e. The highest BCUT2D eigenvalue weighted by Gasteiger charge is 2.40. The molecular weight excluding hydrogens is 256 g/mol. The summed E-state index contributed by atoms with van der Waals surface area (Å²) in [7, 11) is 0. The average Bonchev–Trinajstić information content (AvgIpc) is 2.75. The number of rotatable bonds is 1. The first-order valence-corrected chi connectivity index (χ1v) is 6.44. The summed E-state index contributed by atoms with van der Waals surface area (Å²) in [6.07, 6.45) is -0.0998. The molecule has 1 atom stereocenters. The largest absolute Gasteiger partial charge is 0.443 e. The zero-order chi connectivity index (χ0) is 14.9. The molecule has 1 unspecified atom stereocenters. The van der Waals surface area contributed by atoms with Crippen LogP contribution in [0.15, 0.2) is 29.3 Å². The normalized spacial score (nSPS) is 17.6. The summed E-state index contributed by atoms with van der Waals surface area (Å²) >= 11 is 0. The molecule has 0 N–H and O–H groups in total. The van der Waals surface area contributed by atoms with Gasteiger partial charge < -0.3 is 4.74 Å². The summed E-state index contributed by atoms with van der Waals surface area (Å²) < 4.78 is 5.38. The van der Waals surface area contributed by atoms with Gasteiger partial charge in [-0.1, -0.05) is 18.2 Å². The molecule has 1 aromatic rings. The molecule has 0 fully saturated rings. The van der Waals surface area contributed by atoms with Gasteiger partial charge in [-0.3, -0.25) is 9.69 Å². The predicted molar refractivity (Wildman–Crippen MR) is 77.2 cm³/mol. The third-order valence-corrected chi connectivity index (χ3v) is 3.01. The van der Waals surface area contributed by atoms with Crippen molar-refractivity contribution in [3.8, 4) is 0 Å². The van der Waals surface area contributed by atoms with Crippen LogP contribution >= 0.6 is 0 Å². The minimum absolute atomic E-state index is 0.424. The van der Waals surface area contributed by atoms with Crippen LogP contribution in [0, 0.1) is 0 Å². The molecular formula is C15H18N2O3. The highest BCUT2D eigenvalue weighted by Crippen LogP contribution is 2.33. The van der Waals surface area contributed by atoms with Gasteiger partial charge in [0, 0.05) is 6.42 Å². The standard InChI is InChI=1S/C15H18N2O3/c1-15(2,3)20-14(19)17-11-8-6-5-7-10(11)9-12(17)13(18)16-4/h5-8,12H,4,9H2,1-3H3. The van der Waals surface area contributed by atoms with Crippen molar-refractivity contribution in [3.63, 3.8) is 0 Å². The maximum atomic E-state index is 12.3. The second-order valence-corrected chi connectivity index (χ2v) is 5.70. The van der Waals surface area contributed by atoms with Crippen molar-refractivity contribution in [1.82, 2.24) is 0 Å². The second-order valence-electron chi connectivity index (χ2n) is 5.70. The number of hydrogen-bond acceptors (Lipinski definition) is 3. The van der Waals surface area contributed by atoms with Crippen LogP contribution in [-0.2, 0) is 16.0 Å². The van der Waals surface area contributed by atoms with Crippen LogP contribution in [0.25, 0.3) is 0 Å². The van der Waals surface area contributed by atoms with Gasteiger partial charge in [-0.05, 0) is 39.1 Å². The summed E-state index contributed by atoms with van der Waals surface area (Å²) in [4.78, 5) is 29.0. The first-order valence-electron chi connectivity index (χ1n) is 6.44. The van der Waals surface area contributed by atoms with Gasteiger partial charge in [0.05, 0.1) is 5.69 Å². The lowest BCUT2D eigenvalue weighted by atomic mass is 10.1. The zero-order valence-electron chi connectivity index (χ0n) is 11.9. The number of carbonyl (C=O) groups is 2. The van der Waals surface area contributed by atoms with Crippen molar-refractivity contribution in [2.75, 3.05) is 4.90 Å². The molecule has 5 nitrogen and oxygen atoms in total. The van der Waals surface area contributed by atoms with Gasteiger partial charge in [0.2, 0.25) is 0 Å². The summed E-state index contributed by atoms with van der Waals surface area (Å²) in [5, 5.41) is 0. The fourth-order valence-electron chi connectivity index (χ4n) is 2.23. The summed E-state index contributed by atoms with van der Waals surface area (Å²) in [6.45, 7) is 8.62. The second kappa shape index (κ2) is 5.07. The van der Waals surface area contributed by atoms with Crippen molar-refractivity contribution in [2.24, 2.45) is 4.99 Å². The van der Waals surface area contributed by atoms with Crippen molar-refractivity contribution < 1.29 is 14.3 Å². The predicted octanol–water partition coefficient (Wildman–Crippen LogP) is 2.58. The van der Waals surface area contributed by atoms with Crippen LogP contribution in [0.3, 0.4) is 0 Å². The Hall–Kier alpha value is -2.17. The van der Waals surface area contributed by atoms with E-state index < -0.39 is 23.6 Å². The first-order chi connectivity index (χ1) is 9.33. The van der Waals surface area contributed by atoms with Gasteiger partial charge in [-0.25, -0.2) is 9.79 Å². The molecule has 5 heteroatoms. The number of ether oxygens (including phenoxy) is 1. The molecule has 1 aliphatic heterocycles. The van der Waals surface area contributed by atoms with E-state index in [1.807, 2.05) is 18.2 Å². The van der Waals surface area contributed by atoms with Crippen molar-refractivity contribution in [3.05, 3.63) is 29.8 Å². The minimum Gasteiger partial charge on any atom is -0.443 e. The molecule has 2 amide bonds. The molecule has 0 bridgehead atoms. The number of fused-ring (bicyclic) bond motifs is 1. The van der Waals surface area contributed by atoms with Gasteiger partial charge in [0.1, 0.15) is 11.6 Å². The van der Waals surface area contributed by atoms with Crippen molar-refractivity contribution >= 4 is 24.4 Å². The lowest BCUT2D eigenvalue weighted by molar-refractivity contribution is -0.118. The highest BCUT2D eigenvalue weighted by molar-refractivity contribution is 6.01. The Morgan fingerprint density at radius 2 is 2.00 bits per heavy atom. The molecule has 2 rings (SSSR count). The smallest absolute Gasteiger partial charge is 0.415 e. The Balaban J connectivity index is 2.36. The fraction of sp³-hybridized carbons (Fsp3) is 0.400. The quantitative estimate of drug-likeness (QED) is 0.739. The van der Waals surface area contributed by atoms with Gasteiger partial charge in [-0.2, -0.15) is 0 Å². The van der Waals surface area contributed by atoms with E-state index >= 15 is 0 Å². The van der Waals surface area contributed by atoms with Crippen LogP contribution in [0.2, 0.25) is 0 Å². The van der Waals surface area contributed by atoms with Crippen LogP contribution in [0.1, 0.15) is 26.3 Å². The zero-order valence-corrected chi connectivity index (χ0v) is 11.9. The Morgan fingerprint density at radius 1 is 1.35 bits per heavy atom. The number of anilines is 1. The fourth-order valence-corrected chi connectivity index (χ4v) is 2.23. The summed E-state index contributed by atoms with van der Waals surface area (Å²) in [5.74, 6) is -0.424. The van der Waals surface area contributed by atoms with E-state index in [1.54, 1.807) is 26.8 Å². The number of aliphatic imine (C=N–C) groups is 1. The minimum atomic E-state index is -0.667. The Labute approximate surface area is 118 Å². The molecule has 0 radical (unpaired) electrons. The van der Waals surface area contributed by atoms with E-state index in [9.17, 15) is 9.59 Å². The summed E-state index contributed by atoms with van der Waals surface area (Å²) in [6, 6.07) is 6.73. The maximum absolute atomic E-state index is 12.3. The molecule has 1 aromatic carbocycles. The van der Waals surface area contributed by atoms with Crippen LogP contribution in [-0.4, -0.2) is 30.4 Å². The number of benzene rings is 1. The Morgan fingerprint density at radius 3 is 2.60 bits per heavy atom. The molecule has 0 spiro atoms. The third kappa shape index (κ3) is 2.71. The molecule has 0 aliphatic carbocycles. The van der Waals surface area contributed by atoms with Gasteiger partial charge >= 0.3 is 6.09 Å². The SMILES string of the molecule is C=NC(=O)C1Cc2ccccc2N1C(=O)OC(C)(C)C. The molecule has 1 aliphatic rings. The number of nitrogens with zero attached hydrogens (tertiary/aromatic N) is 2. The lowest BCUT2D eigenvalue weighted by Gasteiger charge is -2.27. The Kier molecular flexibility index (Phi) is 3.61. The Bertz CT molecular complexity index is 560. The lowest BCUT2D eigenvalue weighted by Crippen LogP contribution is -2.44. The number of carbonyl (C=O) groups excluding carboxylic acids is 2. The number of hydrogen-bond donors (Lipinski definition) is 0. The van der Waals surface area contributed by atoms with Gasteiger partial charge in [0.15, 0.2) is 0 Å². The van der Waals surface area contributed by atoms with E-state index in [4.69, 9.17) is 4.74 Å². The van der Waals surface area contributed by atoms with E-state index in [-0.39, 0.29) is 0 Å². The molecule has 106 valence electrons. The van der Waals surface area contributed by atoms with Crippen LogP contribution < -0.4 is 4.90 Å². The molecule has 0 saturated carbocycles. The van der Waals surface area contributed by atoms with E-state index in [0.29, 0.717) is 12.1 Å². The molecule has 0 aromatic heterocycles. The monoisotopic (exact) mass is 274 g/mol. The number of amides is 2. The van der Waals surface area contributed by atoms with Gasteiger partial charge in [-0.15, -0.1) is 0 Å². The highest BCUT2D eigenvalue weighted by atomic mass is 16.6. The van der Waals surface area contributed by atoms with Crippen molar-refractivity contribution in [2.45, 2.75) is 38.8 Å². The average molecular weight is 274 g/mol. The van der Waals surface area contributed by atoms with Crippen molar-refractivity contribution in [1.29, 1.82) is 0 Å². The molecule has 1 heterocycles. The molecule has 0 saturated heterocycles.